The summed E-state index contributed by atoms with van der Waals surface area (Å²) >= 11 is 1.44. The number of aryl methyl sites for hydroxylation is 2. The molecular weight excluding hydrogens is 340 g/mol. The molecule has 1 aromatic carbocycles. The molecule has 0 atom stereocenters. The van der Waals surface area contributed by atoms with Gasteiger partial charge in [-0.25, -0.2) is 0 Å². The van der Waals surface area contributed by atoms with E-state index in [1.54, 1.807) is 0 Å². The van der Waals surface area contributed by atoms with Crippen molar-refractivity contribution in [1.82, 2.24) is 25.0 Å². The van der Waals surface area contributed by atoms with Gasteiger partial charge in [0.05, 0.1) is 5.75 Å². The highest BCUT2D eigenvalue weighted by Gasteiger charge is 2.13. The molecule has 0 radical (unpaired) electrons. The smallest absolute Gasteiger partial charge is 0.247 e. The zero-order valence-electron chi connectivity index (χ0n) is 14.0. The van der Waals surface area contributed by atoms with E-state index in [1.807, 2.05) is 42.8 Å². The Hall–Kier alpha value is -2.68. The van der Waals surface area contributed by atoms with Crippen LogP contribution >= 0.6 is 11.8 Å². The summed E-state index contributed by atoms with van der Waals surface area (Å²) in [6.07, 6.45) is 0.720. The summed E-state index contributed by atoms with van der Waals surface area (Å²) in [7, 11) is 1.85. The number of amides is 1. The van der Waals surface area contributed by atoms with Crippen LogP contribution in [-0.2, 0) is 24.0 Å². The highest BCUT2D eigenvalue weighted by molar-refractivity contribution is 7.98. The molecule has 3 rings (SSSR count). The van der Waals surface area contributed by atoms with E-state index in [-0.39, 0.29) is 12.3 Å². The molecule has 0 aliphatic rings. The Labute approximate surface area is 148 Å². The van der Waals surface area contributed by atoms with Gasteiger partial charge in [0.1, 0.15) is 5.82 Å². The van der Waals surface area contributed by atoms with Crippen LogP contribution in [0, 0.1) is 6.92 Å². The molecule has 25 heavy (non-hydrogen) atoms. The fourth-order valence-corrected chi connectivity index (χ4v) is 3.02. The molecule has 0 aliphatic heterocycles. The summed E-state index contributed by atoms with van der Waals surface area (Å²) < 4.78 is 7.55. The van der Waals surface area contributed by atoms with Gasteiger partial charge in [0.15, 0.2) is 5.16 Å². The van der Waals surface area contributed by atoms with Gasteiger partial charge in [-0.1, -0.05) is 29.5 Å². The zero-order valence-corrected chi connectivity index (χ0v) is 14.8. The Kier molecular flexibility index (Phi) is 5.13. The Morgan fingerprint density at radius 1 is 1.28 bits per heavy atom. The average Bonchev–Trinajstić information content (AvgIpc) is 3.18. The predicted molar refractivity (Wildman–Crippen MR) is 92.6 cm³/mol. The number of thioether (sulfide) groups is 1. The van der Waals surface area contributed by atoms with E-state index < -0.39 is 0 Å². The van der Waals surface area contributed by atoms with Crippen LogP contribution in [0.1, 0.15) is 23.7 Å². The Bertz CT molecular complexity index is 888. The monoisotopic (exact) mass is 358 g/mol. The topological polar surface area (TPSA) is 113 Å². The molecule has 2 N–H and O–H groups in total. The lowest BCUT2D eigenvalue weighted by atomic mass is 10.1. The summed E-state index contributed by atoms with van der Waals surface area (Å²) in [5.41, 5.74) is 7.19. The minimum absolute atomic E-state index is 0.250. The minimum Gasteiger partial charge on any atom is -0.420 e. The van der Waals surface area contributed by atoms with Gasteiger partial charge in [-0.2, -0.15) is 0 Å². The van der Waals surface area contributed by atoms with Gasteiger partial charge in [0.25, 0.3) is 0 Å². The molecule has 9 heteroatoms. The van der Waals surface area contributed by atoms with Gasteiger partial charge in [0.2, 0.25) is 17.7 Å². The third-order valence-electron chi connectivity index (χ3n) is 3.58. The number of primary amides is 1. The van der Waals surface area contributed by atoms with Gasteiger partial charge in [-0.05, 0) is 19.1 Å². The van der Waals surface area contributed by atoms with Crippen molar-refractivity contribution in [2.24, 2.45) is 12.8 Å². The molecule has 0 fully saturated rings. The third kappa shape index (κ3) is 4.24. The van der Waals surface area contributed by atoms with Crippen LogP contribution in [0.5, 0.6) is 0 Å². The number of benzene rings is 1. The molecule has 8 nitrogen and oxygen atoms in total. The Balaban J connectivity index is 1.64. The van der Waals surface area contributed by atoms with E-state index in [1.165, 1.54) is 11.8 Å². The molecule has 0 bridgehead atoms. The minimum atomic E-state index is -0.355. The molecule has 130 valence electrons. The highest BCUT2D eigenvalue weighted by atomic mass is 32.2. The molecule has 1 amide bonds. The van der Waals surface area contributed by atoms with Crippen LogP contribution in [0.25, 0.3) is 11.5 Å². The van der Waals surface area contributed by atoms with Crippen molar-refractivity contribution in [1.29, 1.82) is 0 Å². The zero-order chi connectivity index (χ0) is 17.8. The molecule has 0 spiro atoms. The van der Waals surface area contributed by atoms with E-state index in [9.17, 15) is 4.79 Å². The van der Waals surface area contributed by atoms with Crippen LogP contribution in [0.3, 0.4) is 0 Å². The number of nitrogens with two attached hydrogens (primary N) is 1. The first-order chi connectivity index (χ1) is 12.0. The predicted octanol–water partition coefficient (Wildman–Crippen LogP) is 1.88. The summed E-state index contributed by atoms with van der Waals surface area (Å²) in [6, 6.07) is 7.90. The van der Waals surface area contributed by atoms with Crippen molar-refractivity contribution in [3.63, 3.8) is 0 Å². The number of carbonyl (C=O) groups is 1. The average molecular weight is 358 g/mol. The van der Waals surface area contributed by atoms with Gasteiger partial charge in [-0.3, -0.25) is 4.79 Å². The van der Waals surface area contributed by atoms with Crippen molar-refractivity contribution in [3.05, 3.63) is 41.5 Å². The van der Waals surface area contributed by atoms with Gasteiger partial charge >= 0.3 is 0 Å². The number of hydrogen-bond acceptors (Lipinski definition) is 7. The molecule has 2 aromatic heterocycles. The number of carbonyl (C=O) groups excluding carboxylic acids is 1. The fourth-order valence-electron chi connectivity index (χ4n) is 2.26. The Morgan fingerprint density at radius 2 is 2.12 bits per heavy atom. The van der Waals surface area contributed by atoms with Crippen molar-refractivity contribution in [3.8, 4) is 11.5 Å². The second kappa shape index (κ2) is 7.47. The van der Waals surface area contributed by atoms with Gasteiger partial charge in [0, 0.05) is 25.5 Å². The van der Waals surface area contributed by atoms with E-state index >= 15 is 0 Å². The van der Waals surface area contributed by atoms with Crippen LogP contribution in [0.2, 0.25) is 0 Å². The van der Waals surface area contributed by atoms with Crippen LogP contribution in [-0.4, -0.2) is 30.9 Å². The second-order valence-electron chi connectivity index (χ2n) is 5.58. The molecule has 2 heterocycles. The van der Waals surface area contributed by atoms with Crippen molar-refractivity contribution in [2.75, 3.05) is 0 Å². The number of hydrogen-bond donors (Lipinski definition) is 1. The van der Waals surface area contributed by atoms with Crippen LogP contribution < -0.4 is 5.73 Å². The first-order valence-corrected chi connectivity index (χ1v) is 8.70. The standard InChI is InChI=1S/C16H18N6O2S/c1-10-4-3-5-11(8-10)15-20-19-14(24-15)9-25-16-21-18-13(22(16)2)7-6-12(17)23/h3-5,8H,6-7,9H2,1-2H3,(H2,17,23). The maximum atomic E-state index is 10.9. The first-order valence-electron chi connectivity index (χ1n) is 7.71. The van der Waals surface area contributed by atoms with Crippen molar-refractivity contribution < 1.29 is 9.21 Å². The van der Waals surface area contributed by atoms with Gasteiger partial charge in [-0.15, -0.1) is 20.4 Å². The van der Waals surface area contributed by atoms with E-state index in [0.29, 0.717) is 29.8 Å². The maximum Gasteiger partial charge on any atom is 0.247 e. The largest absolute Gasteiger partial charge is 0.420 e. The fraction of sp³-hybridized carbons (Fsp3) is 0.312. The maximum absolute atomic E-state index is 10.9. The lowest BCUT2D eigenvalue weighted by Crippen LogP contribution is -2.12. The molecular formula is C16H18N6O2S. The van der Waals surface area contributed by atoms with E-state index in [0.717, 1.165) is 16.3 Å². The highest BCUT2D eigenvalue weighted by Crippen LogP contribution is 2.24. The third-order valence-corrected chi connectivity index (χ3v) is 4.58. The summed E-state index contributed by atoms with van der Waals surface area (Å²) in [5.74, 6) is 1.86. The number of nitrogens with zero attached hydrogens (tertiary/aromatic N) is 5. The van der Waals surface area contributed by atoms with E-state index in [4.69, 9.17) is 10.2 Å². The summed E-state index contributed by atoms with van der Waals surface area (Å²) in [6.45, 7) is 2.01. The molecule has 0 saturated heterocycles. The molecule has 0 unspecified atom stereocenters. The Morgan fingerprint density at radius 3 is 2.88 bits per heavy atom. The lowest BCUT2D eigenvalue weighted by Gasteiger charge is -2.01. The van der Waals surface area contributed by atoms with E-state index in [2.05, 4.69) is 20.4 Å². The number of rotatable bonds is 7. The lowest BCUT2D eigenvalue weighted by molar-refractivity contribution is -0.118. The molecule has 0 saturated carbocycles. The summed E-state index contributed by atoms with van der Waals surface area (Å²) in [5, 5.41) is 17.1. The molecule has 0 aliphatic carbocycles. The first kappa shape index (κ1) is 17.2. The molecule has 3 aromatic rings. The van der Waals surface area contributed by atoms with Crippen molar-refractivity contribution >= 4 is 17.7 Å². The normalized spacial score (nSPS) is 11.0. The van der Waals surface area contributed by atoms with Gasteiger partial charge < -0.3 is 14.7 Å². The quantitative estimate of drug-likeness (QED) is 0.642. The van der Waals surface area contributed by atoms with Crippen LogP contribution in [0.15, 0.2) is 33.8 Å². The van der Waals surface area contributed by atoms with Crippen molar-refractivity contribution in [2.45, 2.75) is 30.7 Å². The second-order valence-corrected chi connectivity index (χ2v) is 6.53. The summed E-state index contributed by atoms with van der Waals surface area (Å²) in [4.78, 5) is 10.9. The SMILES string of the molecule is Cc1cccc(-c2nnc(CSc3nnc(CCC(N)=O)n3C)o2)c1. The number of aromatic nitrogens is 5. The van der Waals surface area contributed by atoms with Crippen LogP contribution in [0.4, 0.5) is 0 Å².